The highest BCUT2D eigenvalue weighted by molar-refractivity contribution is 7.32. The summed E-state index contributed by atoms with van der Waals surface area (Å²) in [5.74, 6) is 0. The predicted octanol–water partition coefficient (Wildman–Crippen LogP) is 2.08. The van der Waals surface area contributed by atoms with Crippen molar-refractivity contribution in [2.75, 3.05) is 39.5 Å². The topological polar surface area (TPSA) is 59.0 Å². The first kappa shape index (κ1) is 17.8. The van der Waals surface area contributed by atoms with Crippen LogP contribution < -0.4 is 0 Å². The summed E-state index contributed by atoms with van der Waals surface area (Å²) in [4.78, 5) is 10.8. The smallest absolute Gasteiger partial charge is 0.316 e. The maximum Gasteiger partial charge on any atom is 0.316 e. The van der Waals surface area contributed by atoms with Gasteiger partial charge in [-0.1, -0.05) is 25.8 Å². The summed E-state index contributed by atoms with van der Waals surface area (Å²) in [6, 6.07) is 0. The van der Waals surface area contributed by atoms with Gasteiger partial charge in [0.1, 0.15) is 0 Å². The number of unbranched alkanes of at least 4 members (excludes halogenated alkanes) is 2. The van der Waals surface area contributed by atoms with Gasteiger partial charge >= 0.3 is 8.25 Å². The molecule has 0 aromatic heterocycles. The molecule has 1 unspecified atom stereocenters. The molecule has 5 nitrogen and oxygen atoms in total. The molecule has 0 bridgehead atoms. The van der Waals surface area contributed by atoms with E-state index in [-0.39, 0.29) is 0 Å². The third-order valence-corrected chi connectivity index (χ3v) is 2.95. The van der Waals surface area contributed by atoms with Crippen LogP contribution in [0.15, 0.2) is 12.7 Å². The lowest BCUT2D eigenvalue weighted by molar-refractivity contribution is 0.114. The van der Waals surface area contributed by atoms with Crippen molar-refractivity contribution < 1.29 is 18.7 Å². The zero-order valence-corrected chi connectivity index (χ0v) is 12.3. The molecular weight excluding hydrogens is 253 g/mol. The molecule has 0 saturated heterocycles. The van der Waals surface area contributed by atoms with Gasteiger partial charge in [-0.15, -0.1) is 6.58 Å². The summed E-state index contributed by atoms with van der Waals surface area (Å²) >= 11 is 0. The number of hydrogen-bond donors (Lipinski definition) is 1. The first-order chi connectivity index (χ1) is 8.70. The standard InChI is InChI=1S/C12H26NO4P/c1-3-5-6-7-13(8-11-16-10-4-2)9-12-17-18(14)15/h4,18H,2-3,5-12H2,1H3,(H,14,15). The summed E-state index contributed by atoms with van der Waals surface area (Å²) in [5, 5.41) is 0. The van der Waals surface area contributed by atoms with E-state index in [1.165, 1.54) is 12.8 Å². The van der Waals surface area contributed by atoms with Gasteiger partial charge in [0, 0.05) is 13.1 Å². The van der Waals surface area contributed by atoms with Gasteiger partial charge in [0.25, 0.3) is 0 Å². The van der Waals surface area contributed by atoms with Crippen LogP contribution in [0.5, 0.6) is 0 Å². The third kappa shape index (κ3) is 12.3. The number of ether oxygens (including phenoxy) is 1. The van der Waals surface area contributed by atoms with Crippen LogP contribution in [0.25, 0.3) is 0 Å². The molecule has 0 spiro atoms. The quantitative estimate of drug-likeness (QED) is 0.318. The molecule has 0 saturated carbocycles. The highest BCUT2D eigenvalue weighted by Crippen LogP contribution is 2.13. The zero-order valence-electron chi connectivity index (χ0n) is 11.3. The fourth-order valence-corrected chi connectivity index (χ4v) is 1.81. The molecular formula is C12H26NO4P. The summed E-state index contributed by atoms with van der Waals surface area (Å²) < 4.78 is 20.5. The molecule has 0 aromatic rings. The van der Waals surface area contributed by atoms with Crippen LogP contribution in [0.3, 0.4) is 0 Å². The molecule has 1 atom stereocenters. The van der Waals surface area contributed by atoms with Crippen molar-refractivity contribution in [1.82, 2.24) is 4.90 Å². The van der Waals surface area contributed by atoms with Crippen LogP contribution in [-0.2, 0) is 13.8 Å². The largest absolute Gasteiger partial charge is 0.376 e. The minimum absolute atomic E-state index is 0.294. The minimum atomic E-state index is -2.80. The van der Waals surface area contributed by atoms with Gasteiger partial charge in [0.2, 0.25) is 0 Å². The van der Waals surface area contributed by atoms with Crippen LogP contribution >= 0.6 is 8.25 Å². The Bertz CT molecular complexity index is 226. The summed E-state index contributed by atoms with van der Waals surface area (Å²) in [6.45, 7) is 9.70. The Morgan fingerprint density at radius 3 is 2.61 bits per heavy atom. The van der Waals surface area contributed by atoms with Crippen molar-refractivity contribution in [2.45, 2.75) is 26.2 Å². The van der Waals surface area contributed by atoms with Crippen LogP contribution in [0, 0.1) is 0 Å². The second-order valence-electron chi connectivity index (χ2n) is 4.03. The second kappa shape index (κ2) is 13.2. The van der Waals surface area contributed by atoms with E-state index in [1.54, 1.807) is 6.08 Å². The van der Waals surface area contributed by atoms with Crippen LogP contribution in [0.1, 0.15) is 26.2 Å². The van der Waals surface area contributed by atoms with E-state index in [9.17, 15) is 4.57 Å². The molecule has 0 aliphatic rings. The molecule has 108 valence electrons. The number of nitrogens with zero attached hydrogens (tertiary/aromatic N) is 1. The van der Waals surface area contributed by atoms with Crippen molar-refractivity contribution >= 4 is 8.25 Å². The SMILES string of the molecule is C=CCOCCN(CCCCC)CCO[PH](=O)O. The first-order valence-corrected chi connectivity index (χ1v) is 7.73. The molecule has 0 aliphatic carbocycles. The second-order valence-corrected chi connectivity index (χ2v) is 4.85. The maximum absolute atomic E-state index is 10.4. The fourth-order valence-electron chi connectivity index (χ4n) is 1.54. The monoisotopic (exact) mass is 279 g/mol. The summed E-state index contributed by atoms with van der Waals surface area (Å²) in [7, 11) is -2.80. The molecule has 0 amide bonds. The van der Waals surface area contributed by atoms with Crippen molar-refractivity contribution in [2.24, 2.45) is 0 Å². The highest BCUT2D eigenvalue weighted by atomic mass is 31.1. The Morgan fingerprint density at radius 1 is 1.28 bits per heavy atom. The van der Waals surface area contributed by atoms with E-state index in [1.807, 2.05) is 0 Å². The average Bonchev–Trinajstić information content (AvgIpc) is 2.33. The van der Waals surface area contributed by atoms with E-state index in [4.69, 9.17) is 14.2 Å². The Kier molecular flexibility index (Phi) is 13.1. The van der Waals surface area contributed by atoms with Gasteiger partial charge in [-0.25, -0.2) is 0 Å². The highest BCUT2D eigenvalue weighted by Gasteiger charge is 2.05. The number of hydrogen-bond acceptors (Lipinski definition) is 4. The third-order valence-electron chi connectivity index (χ3n) is 2.50. The van der Waals surface area contributed by atoms with Crippen molar-refractivity contribution in [3.8, 4) is 0 Å². The summed E-state index contributed by atoms with van der Waals surface area (Å²) in [5.41, 5.74) is 0. The summed E-state index contributed by atoms with van der Waals surface area (Å²) in [6.07, 6.45) is 5.23. The Hall–Kier alpha value is -0.190. The van der Waals surface area contributed by atoms with Crippen molar-refractivity contribution in [3.63, 3.8) is 0 Å². The van der Waals surface area contributed by atoms with Crippen molar-refractivity contribution in [3.05, 3.63) is 12.7 Å². The first-order valence-electron chi connectivity index (χ1n) is 6.47. The Balaban J connectivity index is 3.75. The lowest BCUT2D eigenvalue weighted by atomic mass is 10.2. The molecule has 0 heterocycles. The van der Waals surface area contributed by atoms with Crippen LogP contribution in [0.2, 0.25) is 0 Å². The van der Waals surface area contributed by atoms with Crippen LogP contribution in [-0.4, -0.2) is 49.2 Å². The maximum atomic E-state index is 10.4. The lowest BCUT2D eigenvalue weighted by Gasteiger charge is -2.21. The molecule has 0 radical (unpaired) electrons. The number of rotatable bonds is 13. The molecule has 0 aromatic carbocycles. The van der Waals surface area contributed by atoms with Crippen LogP contribution in [0.4, 0.5) is 0 Å². The van der Waals surface area contributed by atoms with E-state index >= 15 is 0 Å². The average molecular weight is 279 g/mol. The molecule has 18 heavy (non-hydrogen) atoms. The van der Waals surface area contributed by atoms with E-state index in [0.717, 1.165) is 19.5 Å². The van der Waals surface area contributed by atoms with Gasteiger partial charge in [-0.05, 0) is 13.0 Å². The van der Waals surface area contributed by atoms with E-state index < -0.39 is 8.25 Å². The van der Waals surface area contributed by atoms with Gasteiger partial charge in [-0.3, -0.25) is 9.46 Å². The van der Waals surface area contributed by atoms with Gasteiger partial charge < -0.3 is 14.2 Å². The van der Waals surface area contributed by atoms with Gasteiger partial charge in [0.05, 0.1) is 19.8 Å². The van der Waals surface area contributed by atoms with E-state index in [2.05, 4.69) is 18.4 Å². The zero-order chi connectivity index (χ0) is 13.6. The molecule has 0 rings (SSSR count). The molecule has 0 aliphatic heterocycles. The van der Waals surface area contributed by atoms with Crippen molar-refractivity contribution in [1.29, 1.82) is 0 Å². The molecule has 6 heteroatoms. The lowest BCUT2D eigenvalue weighted by Crippen LogP contribution is -2.31. The Morgan fingerprint density at radius 2 is 2.00 bits per heavy atom. The van der Waals surface area contributed by atoms with Gasteiger partial charge in [-0.2, -0.15) is 0 Å². The fraction of sp³-hybridized carbons (Fsp3) is 0.833. The van der Waals surface area contributed by atoms with Gasteiger partial charge in [0.15, 0.2) is 0 Å². The predicted molar refractivity (Wildman–Crippen MR) is 74.2 cm³/mol. The minimum Gasteiger partial charge on any atom is -0.376 e. The normalized spacial score (nSPS) is 12.8. The van der Waals surface area contributed by atoms with E-state index in [0.29, 0.717) is 26.4 Å². The molecule has 1 N–H and O–H groups in total. The molecule has 0 fully saturated rings. The Labute approximate surface area is 111 Å².